The van der Waals surface area contributed by atoms with E-state index in [0.29, 0.717) is 11.7 Å². The molecule has 1 aromatic carbocycles. The third-order valence-electron chi connectivity index (χ3n) is 3.73. The molecule has 0 spiro atoms. The number of ether oxygens (including phenoxy) is 1. The van der Waals surface area contributed by atoms with Crippen LogP contribution in [0.3, 0.4) is 0 Å². The fourth-order valence-electron chi connectivity index (χ4n) is 2.71. The summed E-state index contributed by atoms with van der Waals surface area (Å²) in [5, 5.41) is 0. The molecule has 3 rings (SSSR count). The Hall–Kier alpha value is -1.88. The molecule has 1 unspecified atom stereocenters. The number of anilines is 2. The molecule has 1 aromatic heterocycles. The molecule has 5 heteroatoms. The fourth-order valence-corrected chi connectivity index (χ4v) is 2.71. The summed E-state index contributed by atoms with van der Waals surface area (Å²) in [6, 6.07) is 7.80. The number of nitrogen functional groups attached to an aromatic ring is 1. The first-order chi connectivity index (χ1) is 9.74. The number of para-hydroxylation sites is 2. The number of aromatic nitrogens is 2. The molecule has 1 aliphatic rings. The van der Waals surface area contributed by atoms with E-state index in [0.717, 1.165) is 43.0 Å². The minimum Gasteiger partial charge on any atom is -0.381 e. The molecule has 1 saturated heterocycles. The second kappa shape index (κ2) is 5.63. The van der Waals surface area contributed by atoms with Gasteiger partial charge in [0, 0.05) is 20.2 Å². The van der Waals surface area contributed by atoms with E-state index in [1.807, 2.05) is 31.3 Å². The number of hydrogen-bond donors (Lipinski definition) is 1. The number of benzene rings is 1. The largest absolute Gasteiger partial charge is 0.381 e. The highest BCUT2D eigenvalue weighted by molar-refractivity contribution is 5.79. The van der Waals surface area contributed by atoms with Crippen molar-refractivity contribution >= 4 is 22.7 Å². The molecule has 5 nitrogen and oxygen atoms in total. The van der Waals surface area contributed by atoms with Crippen molar-refractivity contribution < 1.29 is 4.74 Å². The molecule has 0 saturated carbocycles. The number of fused-ring (bicyclic) bond motifs is 1. The highest BCUT2D eigenvalue weighted by Crippen LogP contribution is 2.23. The maximum Gasteiger partial charge on any atom is 0.171 e. The van der Waals surface area contributed by atoms with Crippen molar-refractivity contribution in [1.29, 1.82) is 0 Å². The third-order valence-corrected chi connectivity index (χ3v) is 3.73. The average Bonchev–Trinajstić information content (AvgIpc) is 2.47. The minimum absolute atomic E-state index is 0.489. The molecule has 0 bridgehead atoms. The molecule has 1 atom stereocenters. The van der Waals surface area contributed by atoms with Crippen LogP contribution in [0.1, 0.15) is 12.8 Å². The lowest BCUT2D eigenvalue weighted by Gasteiger charge is -2.28. The first-order valence-corrected chi connectivity index (χ1v) is 7.05. The Kier molecular flexibility index (Phi) is 3.69. The average molecular weight is 272 g/mol. The predicted molar refractivity (Wildman–Crippen MR) is 80.8 cm³/mol. The Morgan fingerprint density at radius 2 is 2.05 bits per heavy atom. The lowest BCUT2D eigenvalue weighted by molar-refractivity contribution is 0.0576. The van der Waals surface area contributed by atoms with Crippen molar-refractivity contribution in [3.63, 3.8) is 0 Å². The van der Waals surface area contributed by atoms with Crippen LogP contribution in [0.5, 0.6) is 0 Å². The van der Waals surface area contributed by atoms with Gasteiger partial charge in [0.2, 0.25) is 0 Å². The standard InChI is InChI=1S/C15H20N4O/c1-19(9-11-5-4-8-20-10-11)15-14(16)17-12-6-2-3-7-13(12)18-15/h2-3,6-7,11H,4-5,8-10H2,1H3,(H2,16,17). The van der Waals surface area contributed by atoms with Crippen LogP contribution in [0.15, 0.2) is 24.3 Å². The van der Waals surface area contributed by atoms with Crippen LogP contribution in [0.2, 0.25) is 0 Å². The lowest BCUT2D eigenvalue weighted by atomic mass is 10.0. The summed E-state index contributed by atoms with van der Waals surface area (Å²) in [6.45, 7) is 2.61. The zero-order valence-corrected chi connectivity index (χ0v) is 11.7. The van der Waals surface area contributed by atoms with Gasteiger partial charge in [-0.25, -0.2) is 9.97 Å². The van der Waals surface area contributed by atoms with Gasteiger partial charge >= 0.3 is 0 Å². The number of nitrogens with zero attached hydrogens (tertiary/aromatic N) is 3. The first kappa shape index (κ1) is 13.1. The van der Waals surface area contributed by atoms with E-state index in [-0.39, 0.29) is 0 Å². The molecule has 0 aliphatic carbocycles. The van der Waals surface area contributed by atoms with E-state index < -0.39 is 0 Å². The van der Waals surface area contributed by atoms with E-state index in [9.17, 15) is 0 Å². The van der Waals surface area contributed by atoms with E-state index in [1.165, 1.54) is 6.42 Å². The number of nitrogens with two attached hydrogens (primary N) is 1. The Morgan fingerprint density at radius 1 is 1.30 bits per heavy atom. The van der Waals surface area contributed by atoms with Crippen molar-refractivity contribution in [2.45, 2.75) is 12.8 Å². The van der Waals surface area contributed by atoms with Crippen LogP contribution in [0.25, 0.3) is 11.0 Å². The second-order valence-corrected chi connectivity index (χ2v) is 5.38. The SMILES string of the molecule is CN(CC1CCCOC1)c1nc2ccccc2nc1N. The summed E-state index contributed by atoms with van der Waals surface area (Å²) in [7, 11) is 2.02. The molecule has 1 aliphatic heterocycles. The Balaban J connectivity index is 1.82. The van der Waals surface area contributed by atoms with Crippen LogP contribution in [0, 0.1) is 5.92 Å². The van der Waals surface area contributed by atoms with Crippen LogP contribution in [-0.4, -0.2) is 36.8 Å². The fraction of sp³-hybridized carbons (Fsp3) is 0.467. The van der Waals surface area contributed by atoms with Gasteiger partial charge in [-0.1, -0.05) is 12.1 Å². The normalized spacial score (nSPS) is 19.1. The smallest absolute Gasteiger partial charge is 0.171 e. The van der Waals surface area contributed by atoms with Gasteiger partial charge in [-0.2, -0.15) is 0 Å². The number of hydrogen-bond acceptors (Lipinski definition) is 5. The summed E-state index contributed by atoms with van der Waals surface area (Å²) in [5.41, 5.74) is 7.76. The van der Waals surface area contributed by atoms with E-state index in [4.69, 9.17) is 10.5 Å². The lowest BCUT2D eigenvalue weighted by Crippen LogP contribution is -2.31. The molecule has 0 radical (unpaired) electrons. The van der Waals surface area contributed by atoms with Crippen molar-refractivity contribution in [1.82, 2.24) is 9.97 Å². The van der Waals surface area contributed by atoms with E-state index >= 15 is 0 Å². The summed E-state index contributed by atoms with van der Waals surface area (Å²) < 4.78 is 5.53. The van der Waals surface area contributed by atoms with Crippen LogP contribution < -0.4 is 10.6 Å². The molecular weight excluding hydrogens is 252 g/mol. The van der Waals surface area contributed by atoms with Crippen LogP contribution in [-0.2, 0) is 4.74 Å². The zero-order chi connectivity index (χ0) is 13.9. The van der Waals surface area contributed by atoms with Gasteiger partial charge in [-0.15, -0.1) is 0 Å². The maximum absolute atomic E-state index is 6.05. The van der Waals surface area contributed by atoms with Gasteiger partial charge in [0.1, 0.15) is 0 Å². The highest BCUT2D eigenvalue weighted by Gasteiger charge is 2.18. The Labute approximate surface area is 118 Å². The van der Waals surface area contributed by atoms with Gasteiger partial charge in [-0.3, -0.25) is 0 Å². The number of rotatable bonds is 3. The van der Waals surface area contributed by atoms with Crippen molar-refractivity contribution in [2.75, 3.05) is 37.4 Å². The summed E-state index contributed by atoms with van der Waals surface area (Å²) in [5.74, 6) is 1.79. The van der Waals surface area contributed by atoms with Gasteiger partial charge < -0.3 is 15.4 Å². The van der Waals surface area contributed by atoms with Crippen LogP contribution in [0.4, 0.5) is 11.6 Å². The molecule has 1 fully saturated rings. The van der Waals surface area contributed by atoms with Gasteiger partial charge in [0.25, 0.3) is 0 Å². The van der Waals surface area contributed by atoms with E-state index in [2.05, 4.69) is 14.9 Å². The van der Waals surface area contributed by atoms with E-state index in [1.54, 1.807) is 0 Å². The topological polar surface area (TPSA) is 64.3 Å². The van der Waals surface area contributed by atoms with Gasteiger partial charge in [0.15, 0.2) is 11.6 Å². The highest BCUT2D eigenvalue weighted by atomic mass is 16.5. The molecule has 2 N–H and O–H groups in total. The van der Waals surface area contributed by atoms with Crippen molar-refractivity contribution in [3.8, 4) is 0 Å². The maximum atomic E-state index is 6.05. The molecule has 2 heterocycles. The van der Waals surface area contributed by atoms with Gasteiger partial charge in [0.05, 0.1) is 17.6 Å². The monoisotopic (exact) mass is 272 g/mol. The summed E-state index contributed by atoms with van der Waals surface area (Å²) in [4.78, 5) is 11.2. The molecule has 106 valence electrons. The van der Waals surface area contributed by atoms with Crippen molar-refractivity contribution in [3.05, 3.63) is 24.3 Å². The molecule has 2 aromatic rings. The predicted octanol–water partition coefficient (Wildman–Crippen LogP) is 2.07. The molecule has 0 amide bonds. The zero-order valence-electron chi connectivity index (χ0n) is 11.7. The Bertz CT molecular complexity index is 595. The van der Waals surface area contributed by atoms with Crippen molar-refractivity contribution in [2.24, 2.45) is 5.92 Å². The molecular formula is C15H20N4O. The quantitative estimate of drug-likeness (QED) is 0.926. The second-order valence-electron chi connectivity index (χ2n) is 5.38. The summed E-state index contributed by atoms with van der Waals surface area (Å²) in [6.07, 6.45) is 2.34. The Morgan fingerprint density at radius 3 is 2.75 bits per heavy atom. The molecule has 20 heavy (non-hydrogen) atoms. The minimum atomic E-state index is 0.489. The first-order valence-electron chi connectivity index (χ1n) is 7.05. The van der Waals surface area contributed by atoms with Crippen LogP contribution >= 0.6 is 0 Å². The van der Waals surface area contributed by atoms with Gasteiger partial charge in [-0.05, 0) is 30.9 Å². The third kappa shape index (κ3) is 2.67. The summed E-state index contributed by atoms with van der Waals surface area (Å²) >= 11 is 0.